The van der Waals surface area contributed by atoms with Crippen molar-refractivity contribution < 1.29 is 14.2 Å². The molecule has 24 heavy (non-hydrogen) atoms. The molecule has 0 heterocycles. The van der Waals surface area contributed by atoms with E-state index in [2.05, 4.69) is 26.0 Å². The van der Waals surface area contributed by atoms with E-state index < -0.39 is 5.97 Å². The molecular weight excluding hydrogens is 300 g/mol. The quantitative estimate of drug-likeness (QED) is 0.172. The topological polar surface area (TPSA) is 27.7 Å². The Labute approximate surface area is 151 Å². The molecule has 0 aromatic carbocycles. The van der Waals surface area contributed by atoms with Crippen molar-refractivity contribution in [3.05, 3.63) is 12.2 Å². The molecule has 3 heteroatoms. The highest BCUT2D eigenvalue weighted by molar-refractivity contribution is 4.88. The van der Waals surface area contributed by atoms with Gasteiger partial charge < -0.3 is 14.2 Å². The molecule has 1 atom stereocenters. The van der Waals surface area contributed by atoms with Gasteiger partial charge in [0.25, 0.3) is 5.97 Å². The fraction of sp³-hybridized carbons (Fsp3) is 0.905. The van der Waals surface area contributed by atoms with Crippen LogP contribution in [0, 0.1) is 5.92 Å². The van der Waals surface area contributed by atoms with E-state index in [1.54, 1.807) is 21.3 Å². The van der Waals surface area contributed by atoms with Crippen LogP contribution in [0.1, 0.15) is 90.9 Å². The Balaban J connectivity index is 3.94. The molecule has 0 aromatic rings. The third kappa shape index (κ3) is 11.2. The molecule has 0 spiro atoms. The van der Waals surface area contributed by atoms with E-state index in [4.69, 9.17) is 14.2 Å². The van der Waals surface area contributed by atoms with E-state index in [0.29, 0.717) is 0 Å². The minimum atomic E-state index is -0.860. The van der Waals surface area contributed by atoms with Crippen molar-refractivity contribution in [3.63, 3.8) is 0 Å². The summed E-state index contributed by atoms with van der Waals surface area (Å²) in [4.78, 5) is 0. The van der Waals surface area contributed by atoms with Crippen molar-refractivity contribution in [3.8, 4) is 0 Å². The maximum Gasteiger partial charge on any atom is 0.282 e. The van der Waals surface area contributed by atoms with Crippen molar-refractivity contribution in [2.24, 2.45) is 5.92 Å². The molecule has 0 radical (unpaired) electrons. The lowest BCUT2D eigenvalue weighted by Gasteiger charge is -2.28. The van der Waals surface area contributed by atoms with E-state index in [-0.39, 0.29) is 0 Å². The van der Waals surface area contributed by atoms with Crippen molar-refractivity contribution in [2.45, 2.75) is 96.9 Å². The molecule has 0 rings (SSSR count). The Hall–Kier alpha value is -0.380. The number of allylic oxidation sites excluding steroid dienone is 2. The lowest BCUT2D eigenvalue weighted by molar-refractivity contribution is -0.355. The van der Waals surface area contributed by atoms with Gasteiger partial charge in [-0.2, -0.15) is 0 Å². The summed E-state index contributed by atoms with van der Waals surface area (Å²) in [6.07, 6.45) is 19.7. The molecule has 3 nitrogen and oxygen atoms in total. The molecule has 0 aliphatic carbocycles. The van der Waals surface area contributed by atoms with Crippen LogP contribution in [0.5, 0.6) is 0 Å². The van der Waals surface area contributed by atoms with Gasteiger partial charge in [-0.3, -0.25) is 0 Å². The molecule has 0 saturated heterocycles. The van der Waals surface area contributed by atoms with Crippen molar-refractivity contribution in [1.29, 1.82) is 0 Å². The summed E-state index contributed by atoms with van der Waals surface area (Å²) in [6, 6.07) is 0. The van der Waals surface area contributed by atoms with Gasteiger partial charge >= 0.3 is 0 Å². The van der Waals surface area contributed by atoms with Gasteiger partial charge in [0.15, 0.2) is 0 Å². The molecule has 0 aliphatic heterocycles. The zero-order chi connectivity index (χ0) is 18.1. The van der Waals surface area contributed by atoms with Crippen LogP contribution in [0.2, 0.25) is 0 Å². The summed E-state index contributed by atoms with van der Waals surface area (Å²) in [5.41, 5.74) is 0. The van der Waals surface area contributed by atoms with E-state index >= 15 is 0 Å². The molecule has 0 saturated carbocycles. The number of hydrogen-bond acceptors (Lipinski definition) is 3. The number of ether oxygens (including phenoxy) is 3. The molecule has 144 valence electrons. The third-order valence-electron chi connectivity index (χ3n) is 4.78. The standard InChI is InChI=1S/C21H42O3/c1-6-8-9-10-11-13-17-20(16-7-2)18-14-12-15-19-21(22-3,23-4)24-5/h13,17,20H,6-12,14-16,18-19H2,1-5H3. The second-order valence-electron chi connectivity index (χ2n) is 6.72. The molecule has 0 aliphatic rings. The average molecular weight is 343 g/mol. The lowest BCUT2D eigenvalue weighted by atomic mass is 9.95. The summed E-state index contributed by atoms with van der Waals surface area (Å²) in [5, 5.41) is 0. The molecule has 1 unspecified atom stereocenters. The molecule has 0 amide bonds. The number of methoxy groups -OCH3 is 3. The summed E-state index contributed by atoms with van der Waals surface area (Å²) in [6.45, 7) is 4.55. The second kappa shape index (κ2) is 16.1. The van der Waals surface area contributed by atoms with Crippen LogP contribution in [0.3, 0.4) is 0 Å². The molecular formula is C21H42O3. The zero-order valence-electron chi connectivity index (χ0n) is 16.9. The minimum absolute atomic E-state index is 0.748. The summed E-state index contributed by atoms with van der Waals surface area (Å²) in [7, 11) is 4.90. The first-order valence-corrected chi connectivity index (χ1v) is 10.00. The summed E-state index contributed by atoms with van der Waals surface area (Å²) < 4.78 is 16.0. The van der Waals surface area contributed by atoms with Crippen molar-refractivity contribution >= 4 is 0 Å². The van der Waals surface area contributed by atoms with E-state index in [1.807, 2.05) is 0 Å². The highest BCUT2D eigenvalue weighted by Crippen LogP contribution is 2.23. The highest BCUT2D eigenvalue weighted by Gasteiger charge is 2.28. The minimum Gasteiger partial charge on any atom is -0.331 e. The zero-order valence-corrected chi connectivity index (χ0v) is 16.9. The maximum absolute atomic E-state index is 5.34. The first-order chi connectivity index (χ1) is 11.7. The van der Waals surface area contributed by atoms with E-state index in [9.17, 15) is 0 Å². The van der Waals surface area contributed by atoms with Crippen LogP contribution in [-0.4, -0.2) is 27.3 Å². The average Bonchev–Trinajstić information content (AvgIpc) is 2.61. The Kier molecular flexibility index (Phi) is 15.9. The largest absolute Gasteiger partial charge is 0.331 e. The van der Waals surface area contributed by atoms with Crippen LogP contribution in [0.15, 0.2) is 12.2 Å². The van der Waals surface area contributed by atoms with E-state index in [1.165, 1.54) is 64.2 Å². The maximum atomic E-state index is 5.34. The van der Waals surface area contributed by atoms with Crippen molar-refractivity contribution in [2.75, 3.05) is 21.3 Å². The third-order valence-corrected chi connectivity index (χ3v) is 4.78. The fourth-order valence-electron chi connectivity index (χ4n) is 3.17. The predicted molar refractivity (Wildman–Crippen MR) is 103 cm³/mol. The monoisotopic (exact) mass is 342 g/mol. The van der Waals surface area contributed by atoms with Gasteiger partial charge in [0.2, 0.25) is 0 Å². The fourth-order valence-corrected chi connectivity index (χ4v) is 3.17. The van der Waals surface area contributed by atoms with Crippen LogP contribution >= 0.6 is 0 Å². The molecule has 0 N–H and O–H groups in total. The summed E-state index contributed by atoms with van der Waals surface area (Å²) >= 11 is 0. The van der Waals surface area contributed by atoms with Crippen LogP contribution in [0.4, 0.5) is 0 Å². The Morgan fingerprint density at radius 1 is 0.750 bits per heavy atom. The SMILES string of the molecule is CCCCCCC=CC(CCC)CCCCCC(OC)(OC)OC. The van der Waals surface area contributed by atoms with Gasteiger partial charge in [0.05, 0.1) is 0 Å². The van der Waals surface area contributed by atoms with Gasteiger partial charge in [-0.05, 0) is 38.0 Å². The van der Waals surface area contributed by atoms with Gasteiger partial charge in [-0.25, -0.2) is 0 Å². The van der Waals surface area contributed by atoms with E-state index in [0.717, 1.165) is 18.8 Å². The van der Waals surface area contributed by atoms with Crippen LogP contribution < -0.4 is 0 Å². The normalized spacial score (nSPS) is 13.7. The highest BCUT2D eigenvalue weighted by atomic mass is 16.9. The molecule has 0 aromatic heterocycles. The Bertz CT molecular complexity index is 277. The van der Waals surface area contributed by atoms with Crippen molar-refractivity contribution in [1.82, 2.24) is 0 Å². The van der Waals surface area contributed by atoms with Gasteiger partial charge in [0.1, 0.15) is 0 Å². The molecule has 0 bridgehead atoms. The number of unbranched alkanes of at least 4 members (excludes halogenated alkanes) is 6. The summed E-state index contributed by atoms with van der Waals surface area (Å²) in [5.74, 6) is -0.112. The molecule has 0 fully saturated rings. The van der Waals surface area contributed by atoms with Crippen LogP contribution in [0.25, 0.3) is 0 Å². The number of hydrogen-bond donors (Lipinski definition) is 0. The van der Waals surface area contributed by atoms with Crippen LogP contribution in [-0.2, 0) is 14.2 Å². The number of rotatable bonds is 17. The first-order valence-electron chi connectivity index (χ1n) is 10.00. The Morgan fingerprint density at radius 2 is 1.42 bits per heavy atom. The predicted octanol–water partition coefficient (Wildman–Crippen LogP) is 6.47. The lowest BCUT2D eigenvalue weighted by Crippen LogP contribution is -2.35. The smallest absolute Gasteiger partial charge is 0.282 e. The second-order valence-corrected chi connectivity index (χ2v) is 6.72. The first kappa shape index (κ1) is 23.6. The Morgan fingerprint density at radius 3 is 2.00 bits per heavy atom. The van der Waals surface area contributed by atoms with Gasteiger partial charge in [-0.15, -0.1) is 0 Å². The van der Waals surface area contributed by atoms with Gasteiger partial charge in [0, 0.05) is 27.8 Å². The van der Waals surface area contributed by atoms with Gasteiger partial charge in [-0.1, -0.05) is 64.5 Å².